The summed E-state index contributed by atoms with van der Waals surface area (Å²) in [6.45, 7) is -5.18. The molecule has 65 nitrogen and oxygen atoms in total. The van der Waals surface area contributed by atoms with E-state index in [9.17, 15) is 91.6 Å². The van der Waals surface area contributed by atoms with Crippen LogP contribution in [0.1, 0.15) is 37.4 Å². The van der Waals surface area contributed by atoms with Gasteiger partial charge in [-0.15, -0.1) is 0 Å². The molecule has 0 aliphatic carbocycles. The number of imidazole rings is 6. The highest BCUT2D eigenvalue weighted by Gasteiger charge is 2.67. The van der Waals surface area contributed by atoms with Gasteiger partial charge in [0, 0.05) is 18.6 Å². The highest BCUT2D eigenvalue weighted by Crippen LogP contribution is 2.61. The van der Waals surface area contributed by atoms with Crippen molar-refractivity contribution in [1.29, 1.82) is 0 Å². The van der Waals surface area contributed by atoms with Crippen molar-refractivity contribution in [1.82, 2.24) is 102 Å². The van der Waals surface area contributed by atoms with Crippen LogP contribution in [0.2, 0.25) is 0 Å². The van der Waals surface area contributed by atoms with Crippen LogP contribution in [0.25, 0.3) is 67.0 Å². The number of nitrogens with one attached hydrogen (secondary N) is 3. The summed E-state index contributed by atoms with van der Waals surface area (Å²) in [5.41, 5.74) is 32.5. The van der Waals surface area contributed by atoms with Crippen LogP contribution in [0.4, 0.5) is 39.3 Å². The van der Waals surface area contributed by atoms with Crippen molar-refractivity contribution in [2.24, 2.45) is 0 Å². The van der Waals surface area contributed by atoms with Gasteiger partial charge in [0.1, 0.15) is 120 Å². The van der Waals surface area contributed by atoms with Gasteiger partial charge in [-0.25, -0.2) is 76.6 Å². The summed E-state index contributed by atoms with van der Waals surface area (Å²) >= 11 is 0. The maximum Gasteiger partial charge on any atom is 0.472 e. The molecule has 0 saturated carbocycles. The molecule has 22 heterocycles. The number of hydrogen-bond acceptors (Lipinski definition) is 50. The second-order valence-corrected chi connectivity index (χ2v) is 40.0. The molecule has 136 heavy (non-hydrogen) atoms. The van der Waals surface area contributed by atoms with Gasteiger partial charge in [-0.2, -0.15) is 15.0 Å². The lowest BCUT2D eigenvalue weighted by Gasteiger charge is -2.32. The number of aromatic nitrogens is 21. The third-order valence-corrected chi connectivity index (χ3v) is 28.8. The van der Waals surface area contributed by atoms with Gasteiger partial charge in [0.05, 0.1) is 101 Å². The van der Waals surface area contributed by atoms with Gasteiger partial charge >= 0.3 is 46.9 Å². The summed E-state index contributed by atoms with van der Waals surface area (Å²) < 4.78 is 206. The quantitative estimate of drug-likeness (QED) is 0.0709. The van der Waals surface area contributed by atoms with E-state index >= 15 is 4.39 Å². The second kappa shape index (κ2) is 34.7. The van der Waals surface area contributed by atoms with Gasteiger partial charge in [0.15, 0.2) is 94.0 Å². The second-order valence-electron chi connectivity index (χ2n) is 31.5. The minimum atomic E-state index is -5.15. The number of nitrogens with two attached hydrogens (primary N) is 6. The number of aliphatic hydroxyl groups excluding tert-OH is 4. The van der Waals surface area contributed by atoms with E-state index in [1.165, 1.54) is 63.4 Å². The molecule has 25 N–H and O–H groups in total. The van der Waals surface area contributed by atoms with Crippen LogP contribution in [0.5, 0.6) is 0 Å². The van der Waals surface area contributed by atoms with Crippen molar-refractivity contribution < 1.29 is 169 Å². The Morgan fingerprint density at radius 3 is 1.04 bits per heavy atom. The lowest BCUT2D eigenvalue weighted by Crippen LogP contribution is -2.45. The number of aromatic amines is 3. The Balaban J connectivity index is 0.000000126. The first-order valence-corrected chi connectivity index (χ1v) is 48.7. The molecule has 730 valence electrons. The number of rotatable bonds is 6. The summed E-state index contributed by atoms with van der Waals surface area (Å²) in [5.74, 6) is -0.841. The molecule has 10 fully saturated rings. The van der Waals surface area contributed by atoms with E-state index in [1.807, 2.05) is 0 Å². The van der Waals surface area contributed by atoms with Gasteiger partial charge in [0.2, 0.25) is 17.8 Å². The van der Waals surface area contributed by atoms with Gasteiger partial charge < -0.3 is 117 Å². The molecule has 0 spiro atoms. The summed E-state index contributed by atoms with van der Waals surface area (Å²) in [5, 5.41) is 44.2. The molecular formula is C64H74FN27O38P6. The van der Waals surface area contributed by atoms with Gasteiger partial charge in [-0.1, -0.05) is 0 Å². The molecular weight excluding hydrogens is 1960 g/mol. The third-order valence-electron chi connectivity index (χ3n) is 23.0. The number of phosphoric acid groups is 6. The van der Waals surface area contributed by atoms with E-state index in [2.05, 4.69) is 74.8 Å². The minimum absolute atomic E-state index is 0.107. The van der Waals surface area contributed by atoms with E-state index in [1.54, 1.807) is 6.07 Å². The van der Waals surface area contributed by atoms with Crippen molar-refractivity contribution in [3.63, 3.8) is 0 Å². The Hall–Kier alpha value is -10.1. The molecule has 0 amide bonds. The zero-order chi connectivity index (χ0) is 95.8. The summed E-state index contributed by atoms with van der Waals surface area (Å²) in [7, 11) is -30.5. The van der Waals surface area contributed by atoms with Gasteiger partial charge in [0.25, 0.3) is 16.7 Å². The first kappa shape index (κ1) is 93.5. The van der Waals surface area contributed by atoms with E-state index in [-0.39, 0.29) is 91.6 Å². The van der Waals surface area contributed by atoms with Crippen LogP contribution >= 0.6 is 46.9 Å². The third kappa shape index (κ3) is 17.2. The standard InChI is InChI=1S/C22H25N9O13P2.C21H24FN9O12P2.C21H25N9O13P2/c23-8-1-2-25-16-10(8)26-6-30(16)20-14-15-22(42-20,4-38-14)5-40-46(36,37)43-13-12(32)9(3-39-45(34,35)44-15)41-19(13)31-7-27-11-17(31)28-21(24)29-18(11)33;22-10-14-9(41-19(10)30-5-26-11-7(23)1-2-25-16(11)30)4-39-45(36,37)43-15-13(32)8(3-38-44(34,35)42-14)40-20(15)31-6-27-12-17(31)28-21(24)29-18(12)33;22-7-1-2-24-16-10(7)25-5-29(16)19-13(32)14-9(41-19)4-39-45(36,37)43-15-12(31)8(3-38-44(34,35)42-14)40-20(15)30-6-26-11-17(30)27-21(23)28-18(11)33/h1-2,6-7,9,12-15,19-20,32H,3-5H2,(H2,23,25)(H,34,35)(H,36,37)(H3,24,28,29,33);1-2,5-6,8-10,13-15,19-20,32H,3-4H2,(H2,23,25)(H,34,35)(H,36,37)(H3,24,28,29,33);1-2,5-6,8-9,12-15,19-20,31-32H,3-4H2,(H2,22,24)(H,34,35)(H,36,37)(H3,23,27,28,33)/t9-,12?,13+,14+,15?,19-,20-,22-;8-,9-,10+,13?,14?,15+,19-,20-;8-,9-,12?,13+,14?,15+,19-,20-/m111/s1. The summed E-state index contributed by atoms with van der Waals surface area (Å²) in [6.07, 6.45) is -24.8. The van der Waals surface area contributed by atoms with Crippen molar-refractivity contribution >= 4 is 149 Å². The highest BCUT2D eigenvalue weighted by atomic mass is 31.2. The van der Waals surface area contributed by atoms with Crippen molar-refractivity contribution in [3.8, 4) is 0 Å². The van der Waals surface area contributed by atoms with Crippen LogP contribution in [0, 0.1) is 0 Å². The zero-order valence-corrected chi connectivity index (χ0v) is 73.5. The maximum atomic E-state index is 15.9. The lowest BCUT2D eigenvalue weighted by molar-refractivity contribution is -0.184. The molecule has 30 atom stereocenters. The van der Waals surface area contributed by atoms with E-state index in [0.717, 1.165) is 32.7 Å². The number of hydrogen-bond donors (Lipinski definition) is 19. The topological polar surface area (TPSA) is 919 Å². The van der Waals surface area contributed by atoms with Crippen molar-refractivity contribution in [2.75, 3.05) is 80.7 Å². The Morgan fingerprint density at radius 2 is 0.647 bits per heavy atom. The normalized spacial score (nSPS) is 38.4. The highest BCUT2D eigenvalue weighted by molar-refractivity contribution is 7.48. The summed E-state index contributed by atoms with van der Waals surface area (Å²) in [6, 6.07) is 4.54. The minimum Gasteiger partial charge on any atom is -0.397 e. The molecule has 10 saturated heterocycles. The fourth-order valence-corrected chi connectivity index (χ4v) is 22.5. The van der Waals surface area contributed by atoms with Crippen molar-refractivity contribution in [2.45, 2.75) is 147 Å². The van der Waals surface area contributed by atoms with Crippen LogP contribution in [0.15, 0.2) is 89.1 Å². The summed E-state index contributed by atoms with van der Waals surface area (Å²) in [4.78, 5) is 157. The average molecular weight is 2030 g/mol. The van der Waals surface area contributed by atoms with E-state index < -0.39 is 250 Å². The maximum absolute atomic E-state index is 15.9. The number of nitrogens with zero attached hydrogens (tertiary/aromatic N) is 18. The molecule has 10 aliphatic heterocycles. The fourth-order valence-electron chi connectivity index (χ4n) is 16.8. The predicted molar refractivity (Wildman–Crippen MR) is 438 cm³/mol. The lowest BCUT2D eigenvalue weighted by atomic mass is 10.0. The molecule has 22 rings (SSSR count). The first-order valence-electron chi connectivity index (χ1n) is 39.7. The first-order chi connectivity index (χ1) is 64.5. The molecule has 0 radical (unpaired) electrons. The van der Waals surface area contributed by atoms with E-state index in [4.69, 9.17) is 122 Å². The number of halogens is 1. The Kier molecular flexibility index (Phi) is 23.9. The number of aliphatic hydroxyl groups is 4. The zero-order valence-electron chi connectivity index (χ0n) is 68.1. The molecule has 12 aromatic heterocycles. The van der Waals surface area contributed by atoms with Crippen molar-refractivity contribution in [3.05, 3.63) is 106 Å². The SMILES string of the molecule is Nc1nc2c(ncn2[C@@H]2O[C@@H]3COP(=O)(O)OC4[C@@H](COP(=O)(O)O[C@H]2C3O)O[C@@H](n2cnc3c(N)ccnc32)[C@H]4F)c(=O)[nH]1.Nc1nc2c(ncn2[C@@H]2O[C@@H]3COP(=O)(O)OC4[C@@H](COP(=O)(O)O[C@H]2C3O)O[C@@H](n2cnc3c(N)ccnc32)[C@H]4O)c(=O)[nH]1.Nc1nc2c(ncn2[C@@H]2O[C@@H]3COP(=O)(O)OC4[C@@H]5OC[C@]4(COP(=O)(O)O[C@H]2C3O)O[C@H]5n2cnc3c(N)ccnc32)c(=O)[nH]1. The van der Waals surface area contributed by atoms with Crippen LogP contribution < -0.4 is 51.1 Å². The number of nitrogen functional groups attached to an aromatic ring is 6. The molecule has 8 bridgehead atoms. The van der Waals surface area contributed by atoms with Gasteiger partial charge in [-0.05, 0) is 18.2 Å². The smallest absolute Gasteiger partial charge is 0.397 e. The number of pyridine rings is 3. The Morgan fingerprint density at radius 1 is 0.346 bits per heavy atom. The Labute approximate surface area is 750 Å². The molecule has 0 aromatic carbocycles. The van der Waals surface area contributed by atoms with E-state index in [0.29, 0.717) is 16.9 Å². The largest absolute Gasteiger partial charge is 0.472 e. The fraction of sp³-hybridized carbons (Fsp3) is 0.484. The number of alkyl halides is 1. The number of phosphoric ester groups is 6. The number of fused-ring (bicyclic) bond motifs is 14. The number of H-pyrrole nitrogens is 3. The number of anilines is 6. The molecule has 72 heteroatoms. The van der Waals surface area contributed by atoms with Crippen LogP contribution in [-0.2, 0) is 115 Å². The molecule has 12 aromatic rings. The Bertz CT molecular complexity index is 6940. The monoisotopic (exact) mass is 2030 g/mol. The number of ether oxygens (including phenoxy) is 7. The predicted octanol–water partition coefficient (Wildman–Crippen LogP) is -3.82. The van der Waals surface area contributed by atoms with Crippen LogP contribution in [-0.4, -0.2) is 308 Å². The molecule has 12 unspecified atom stereocenters. The molecule has 10 aliphatic rings. The van der Waals surface area contributed by atoms with Gasteiger partial charge in [-0.3, -0.25) is 111 Å². The van der Waals surface area contributed by atoms with Crippen LogP contribution in [0.3, 0.4) is 0 Å². The average Bonchev–Trinajstić information content (AvgIpc) is 1.55.